The van der Waals surface area contributed by atoms with Gasteiger partial charge in [-0.3, -0.25) is 14.4 Å². The van der Waals surface area contributed by atoms with Gasteiger partial charge in [0, 0.05) is 11.8 Å². The third kappa shape index (κ3) is 1.88. The zero-order valence-corrected chi connectivity index (χ0v) is 11.0. The molecule has 1 aromatic rings. The average Bonchev–Trinajstić information content (AvgIpc) is 2.75. The summed E-state index contributed by atoms with van der Waals surface area (Å²) in [6.45, 7) is 1.44. The maximum atomic E-state index is 12.0. The molecule has 0 N–H and O–H groups in total. The first-order valence-electron chi connectivity index (χ1n) is 6.59. The number of ketones is 1. The fourth-order valence-corrected chi connectivity index (χ4v) is 3.13. The van der Waals surface area contributed by atoms with Gasteiger partial charge in [0.15, 0.2) is 0 Å². The molecule has 1 aromatic carbocycles. The third-order valence-electron chi connectivity index (χ3n) is 4.09. The van der Waals surface area contributed by atoms with Gasteiger partial charge < -0.3 is 4.74 Å². The minimum Gasteiger partial charge on any atom is -0.393 e. The summed E-state index contributed by atoms with van der Waals surface area (Å²) >= 11 is 0. The molecule has 1 fully saturated rings. The van der Waals surface area contributed by atoms with E-state index in [4.69, 9.17) is 4.74 Å². The lowest BCUT2D eigenvalue weighted by atomic mass is 9.68. The molecule has 0 unspecified atom stereocenters. The predicted molar refractivity (Wildman–Crippen MR) is 70.6 cm³/mol. The number of hydrogen-bond donors (Lipinski definition) is 0. The molecule has 0 saturated carbocycles. The van der Waals surface area contributed by atoms with Crippen molar-refractivity contribution in [3.8, 4) is 0 Å². The standard InChI is InChI=1S/C16H14O4/c1-9(17)11-7-8-12(10-5-3-2-4-6-10)14-13(11)15(18)20-16(14)19/h2-8,11-14H,1H3/t11-,12+,13-,14-/m0/s1. The molecule has 2 aliphatic rings. The van der Waals surface area contributed by atoms with Gasteiger partial charge in [0.05, 0.1) is 11.8 Å². The molecule has 1 aliphatic heterocycles. The van der Waals surface area contributed by atoms with Crippen LogP contribution in [0.3, 0.4) is 0 Å². The largest absolute Gasteiger partial charge is 0.393 e. The van der Waals surface area contributed by atoms with Crippen molar-refractivity contribution in [2.24, 2.45) is 17.8 Å². The Labute approximate surface area is 116 Å². The SMILES string of the molecule is CC(=O)[C@@H]1C=C[C@H](c2ccccc2)[C@@H]2C(=O)OC(=O)[C@H]21. The highest BCUT2D eigenvalue weighted by atomic mass is 16.6. The second-order valence-electron chi connectivity index (χ2n) is 5.25. The summed E-state index contributed by atoms with van der Waals surface area (Å²) in [6, 6.07) is 9.49. The van der Waals surface area contributed by atoms with Gasteiger partial charge in [-0.2, -0.15) is 0 Å². The molecule has 20 heavy (non-hydrogen) atoms. The van der Waals surface area contributed by atoms with Crippen molar-refractivity contribution in [1.29, 1.82) is 0 Å². The fraction of sp³-hybridized carbons (Fsp3) is 0.312. The van der Waals surface area contributed by atoms with Crippen LogP contribution < -0.4 is 0 Å². The summed E-state index contributed by atoms with van der Waals surface area (Å²) in [5, 5.41) is 0. The molecule has 0 amide bonds. The molecule has 0 aromatic heterocycles. The van der Waals surface area contributed by atoms with E-state index in [0.717, 1.165) is 5.56 Å². The van der Waals surface area contributed by atoms with Crippen LogP contribution >= 0.6 is 0 Å². The summed E-state index contributed by atoms with van der Waals surface area (Å²) in [6.07, 6.45) is 3.59. The van der Waals surface area contributed by atoms with Crippen molar-refractivity contribution in [3.63, 3.8) is 0 Å². The van der Waals surface area contributed by atoms with E-state index < -0.39 is 29.7 Å². The van der Waals surface area contributed by atoms with Crippen LogP contribution in [0, 0.1) is 17.8 Å². The normalized spacial score (nSPS) is 31.9. The molecule has 4 heteroatoms. The Kier molecular flexibility index (Phi) is 3.01. The van der Waals surface area contributed by atoms with Crippen LogP contribution in [0.4, 0.5) is 0 Å². The minimum absolute atomic E-state index is 0.116. The lowest BCUT2D eigenvalue weighted by Gasteiger charge is -2.29. The van der Waals surface area contributed by atoms with Crippen molar-refractivity contribution < 1.29 is 19.1 Å². The lowest BCUT2D eigenvalue weighted by molar-refractivity contribution is -0.154. The number of ether oxygens (including phenoxy) is 1. The van der Waals surface area contributed by atoms with Crippen LogP contribution in [0.5, 0.6) is 0 Å². The van der Waals surface area contributed by atoms with Gasteiger partial charge in [0.1, 0.15) is 5.78 Å². The third-order valence-corrected chi connectivity index (χ3v) is 4.09. The first kappa shape index (κ1) is 12.8. The number of fused-ring (bicyclic) bond motifs is 1. The van der Waals surface area contributed by atoms with Gasteiger partial charge >= 0.3 is 11.9 Å². The van der Waals surface area contributed by atoms with Gasteiger partial charge in [-0.25, -0.2) is 0 Å². The molecular weight excluding hydrogens is 256 g/mol. The van der Waals surface area contributed by atoms with Crippen molar-refractivity contribution in [2.75, 3.05) is 0 Å². The van der Waals surface area contributed by atoms with Crippen LogP contribution in [0.1, 0.15) is 18.4 Å². The molecule has 0 bridgehead atoms. The zero-order chi connectivity index (χ0) is 14.3. The van der Waals surface area contributed by atoms with E-state index in [1.165, 1.54) is 6.92 Å². The summed E-state index contributed by atoms with van der Waals surface area (Å²) in [5.41, 5.74) is 0.951. The van der Waals surface area contributed by atoms with Crippen LogP contribution in [-0.2, 0) is 19.1 Å². The second-order valence-corrected chi connectivity index (χ2v) is 5.25. The van der Waals surface area contributed by atoms with Crippen LogP contribution in [0.25, 0.3) is 0 Å². The van der Waals surface area contributed by atoms with Gasteiger partial charge in [-0.05, 0) is 12.5 Å². The first-order chi connectivity index (χ1) is 9.59. The Balaban J connectivity index is 2.06. The van der Waals surface area contributed by atoms with E-state index in [1.54, 1.807) is 6.08 Å². The number of carbonyl (C=O) groups is 3. The molecule has 0 radical (unpaired) electrons. The molecule has 1 heterocycles. The summed E-state index contributed by atoms with van der Waals surface area (Å²) in [7, 11) is 0. The van der Waals surface area contributed by atoms with E-state index in [0.29, 0.717) is 0 Å². The number of allylic oxidation sites excluding steroid dienone is 2. The van der Waals surface area contributed by atoms with Crippen LogP contribution in [0.2, 0.25) is 0 Å². The maximum absolute atomic E-state index is 12.0. The van der Waals surface area contributed by atoms with E-state index in [1.807, 2.05) is 36.4 Å². The Morgan fingerprint density at radius 3 is 2.30 bits per heavy atom. The molecular formula is C16H14O4. The average molecular weight is 270 g/mol. The van der Waals surface area contributed by atoms with Crippen LogP contribution in [-0.4, -0.2) is 17.7 Å². The maximum Gasteiger partial charge on any atom is 0.318 e. The highest BCUT2D eigenvalue weighted by Crippen LogP contribution is 2.45. The van der Waals surface area contributed by atoms with Crippen molar-refractivity contribution in [1.82, 2.24) is 0 Å². The Morgan fingerprint density at radius 1 is 1.00 bits per heavy atom. The number of cyclic esters (lactones) is 2. The second kappa shape index (κ2) is 4.71. The Hall–Kier alpha value is -2.23. The van der Waals surface area contributed by atoms with Gasteiger partial charge in [0.2, 0.25) is 0 Å². The highest BCUT2D eigenvalue weighted by Gasteiger charge is 2.53. The molecule has 3 rings (SSSR count). The first-order valence-corrected chi connectivity index (χ1v) is 6.59. The summed E-state index contributed by atoms with van der Waals surface area (Å²) in [5.74, 6) is -3.27. The van der Waals surface area contributed by atoms with E-state index in [-0.39, 0.29) is 11.7 Å². The van der Waals surface area contributed by atoms with E-state index >= 15 is 0 Å². The van der Waals surface area contributed by atoms with Crippen molar-refractivity contribution in [2.45, 2.75) is 12.8 Å². The zero-order valence-electron chi connectivity index (χ0n) is 11.0. The van der Waals surface area contributed by atoms with E-state index in [9.17, 15) is 14.4 Å². The fourth-order valence-electron chi connectivity index (χ4n) is 3.13. The molecule has 4 atom stereocenters. The minimum atomic E-state index is -0.685. The number of rotatable bonds is 2. The van der Waals surface area contributed by atoms with Crippen LogP contribution in [0.15, 0.2) is 42.5 Å². The Morgan fingerprint density at radius 2 is 1.65 bits per heavy atom. The van der Waals surface area contributed by atoms with Gasteiger partial charge in [0.25, 0.3) is 0 Å². The number of benzene rings is 1. The summed E-state index contributed by atoms with van der Waals surface area (Å²) < 4.78 is 4.77. The number of carbonyl (C=O) groups excluding carboxylic acids is 3. The highest BCUT2D eigenvalue weighted by molar-refractivity contribution is 6.01. The number of hydrogen-bond acceptors (Lipinski definition) is 4. The number of Topliss-reactive ketones (excluding diaryl/α,β-unsaturated/α-hetero) is 1. The quantitative estimate of drug-likeness (QED) is 0.467. The topological polar surface area (TPSA) is 60.4 Å². The van der Waals surface area contributed by atoms with Gasteiger partial charge in [-0.1, -0.05) is 42.5 Å². The van der Waals surface area contributed by atoms with Crippen molar-refractivity contribution >= 4 is 17.7 Å². The smallest absolute Gasteiger partial charge is 0.318 e. The summed E-state index contributed by atoms with van der Waals surface area (Å²) in [4.78, 5) is 35.5. The Bertz CT molecular complexity index is 602. The van der Waals surface area contributed by atoms with E-state index in [2.05, 4.69) is 0 Å². The molecule has 0 spiro atoms. The lowest BCUT2D eigenvalue weighted by Crippen LogP contribution is -2.35. The molecule has 1 aliphatic carbocycles. The number of esters is 2. The monoisotopic (exact) mass is 270 g/mol. The molecule has 102 valence electrons. The molecule has 1 saturated heterocycles. The predicted octanol–water partition coefficient (Wildman–Crippen LogP) is 1.86. The molecule has 4 nitrogen and oxygen atoms in total. The van der Waals surface area contributed by atoms with Crippen molar-refractivity contribution in [3.05, 3.63) is 48.0 Å². The van der Waals surface area contributed by atoms with Gasteiger partial charge in [-0.15, -0.1) is 0 Å².